The van der Waals surface area contributed by atoms with Gasteiger partial charge in [-0.2, -0.15) is 10.4 Å². The molecule has 0 aliphatic heterocycles. The average Bonchev–Trinajstić information content (AvgIpc) is 2.82. The number of pyridine rings is 1. The summed E-state index contributed by atoms with van der Waals surface area (Å²) in [5.74, 6) is -0.207. The van der Waals surface area contributed by atoms with Crippen LogP contribution in [0.3, 0.4) is 0 Å². The number of nitriles is 1. The Labute approximate surface area is 204 Å². The van der Waals surface area contributed by atoms with E-state index in [0.717, 1.165) is 0 Å². The summed E-state index contributed by atoms with van der Waals surface area (Å²) in [6.07, 6.45) is 1.50. The second-order valence-electron chi connectivity index (χ2n) is 6.56. The summed E-state index contributed by atoms with van der Waals surface area (Å²) in [5.41, 5.74) is 2.92. The van der Waals surface area contributed by atoms with Gasteiger partial charge < -0.3 is 10.1 Å². The zero-order chi connectivity index (χ0) is 24.6. The predicted octanol–water partition coefficient (Wildman–Crippen LogP) is 3.97. The number of carbonyl (C=O) groups is 1. The lowest BCUT2D eigenvalue weighted by atomic mass is 10.3. The maximum absolute atomic E-state index is 12.9. The van der Waals surface area contributed by atoms with Crippen molar-refractivity contribution >= 4 is 54.8 Å². The maximum atomic E-state index is 12.9. The summed E-state index contributed by atoms with van der Waals surface area (Å²) in [6, 6.07) is 17.5. The van der Waals surface area contributed by atoms with Crippen LogP contribution in [0.2, 0.25) is 0 Å². The first-order valence-corrected chi connectivity index (χ1v) is 12.1. The third-order valence-corrected chi connectivity index (χ3v) is 6.05. The monoisotopic (exact) mass is 542 g/mol. The van der Waals surface area contributed by atoms with Gasteiger partial charge in [-0.25, -0.2) is 13.4 Å². The number of benzene rings is 2. The Morgan fingerprint density at radius 3 is 2.53 bits per heavy atom. The fourth-order valence-electron chi connectivity index (χ4n) is 2.65. The number of ether oxygens (including phenoxy) is 1. The van der Waals surface area contributed by atoms with Crippen molar-refractivity contribution in [2.75, 3.05) is 22.1 Å². The highest BCUT2D eigenvalue weighted by molar-refractivity contribution is 9.10. The van der Waals surface area contributed by atoms with Crippen LogP contribution in [0.15, 0.2) is 81.3 Å². The first-order chi connectivity index (χ1) is 16.3. The standard InChI is InChI=1S/C22H19BrN6O4S/c1-2-33-19-11-6-15(23)13-20(19)34(31,32)29-17-9-7-16(8-10-17)27-28-18(14-24)22(30)26-21-5-3-4-12-25-21/h3-13,27,29H,2H2,1H3,(H,25,26,30). The first-order valence-electron chi connectivity index (χ1n) is 9.84. The quantitative estimate of drug-likeness (QED) is 0.273. The molecular formula is C22H19BrN6O4S. The number of rotatable bonds is 9. The van der Waals surface area contributed by atoms with E-state index < -0.39 is 21.6 Å². The molecule has 0 aliphatic rings. The number of hydrogen-bond acceptors (Lipinski definition) is 8. The third-order valence-electron chi connectivity index (χ3n) is 4.16. The Balaban J connectivity index is 1.70. The van der Waals surface area contributed by atoms with E-state index in [1.54, 1.807) is 43.3 Å². The number of hydrazone groups is 1. The molecule has 1 aromatic heterocycles. The summed E-state index contributed by atoms with van der Waals surface area (Å²) >= 11 is 3.27. The molecule has 3 N–H and O–H groups in total. The summed E-state index contributed by atoms with van der Waals surface area (Å²) < 4.78 is 34.3. The number of aromatic nitrogens is 1. The van der Waals surface area contributed by atoms with Gasteiger partial charge in [-0.05, 0) is 61.5 Å². The van der Waals surface area contributed by atoms with Gasteiger partial charge in [0.05, 0.1) is 12.3 Å². The second kappa shape index (κ2) is 11.3. The van der Waals surface area contributed by atoms with Gasteiger partial charge in [-0.15, -0.1) is 0 Å². The molecule has 1 heterocycles. The van der Waals surface area contributed by atoms with Crippen LogP contribution in [0.4, 0.5) is 17.2 Å². The SMILES string of the molecule is CCOc1ccc(Br)cc1S(=O)(=O)Nc1ccc(NN=C(C#N)C(=O)Nc2ccccn2)cc1. The summed E-state index contributed by atoms with van der Waals surface area (Å²) in [7, 11) is -3.93. The second-order valence-corrected chi connectivity index (χ2v) is 9.13. The normalized spacial score (nSPS) is 11.3. The molecule has 3 aromatic rings. The summed E-state index contributed by atoms with van der Waals surface area (Å²) in [6.45, 7) is 2.08. The molecule has 10 nitrogen and oxygen atoms in total. The average molecular weight is 543 g/mol. The molecular weight excluding hydrogens is 524 g/mol. The molecule has 0 spiro atoms. The van der Waals surface area contributed by atoms with E-state index in [1.807, 2.05) is 0 Å². The van der Waals surface area contributed by atoms with Gasteiger partial charge in [0, 0.05) is 16.4 Å². The Kier molecular flexibility index (Phi) is 8.18. The highest BCUT2D eigenvalue weighted by atomic mass is 79.9. The van der Waals surface area contributed by atoms with Crippen LogP contribution in [0.25, 0.3) is 0 Å². The number of nitrogens with zero attached hydrogens (tertiary/aromatic N) is 3. The van der Waals surface area contributed by atoms with E-state index in [9.17, 15) is 18.5 Å². The smallest absolute Gasteiger partial charge is 0.288 e. The molecule has 0 saturated carbocycles. The third kappa shape index (κ3) is 6.53. The molecule has 174 valence electrons. The van der Waals surface area contributed by atoms with Crippen molar-refractivity contribution in [1.82, 2.24) is 4.98 Å². The molecule has 0 saturated heterocycles. The lowest BCUT2D eigenvalue weighted by molar-refractivity contribution is -0.110. The van der Waals surface area contributed by atoms with E-state index in [1.165, 1.54) is 36.5 Å². The van der Waals surface area contributed by atoms with Crippen LogP contribution in [-0.2, 0) is 14.8 Å². The highest BCUT2D eigenvalue weighted by Gasteiger charge is 2.20. The summed E-state index contributed by atoms with van der Waals surface area (Å²) in [4.78, 5) is 16.1. The molecule has 34 heavy (non-hydrogen) atoms. The number of carbonyl (C=O) groups excluding carboxylic acids is 1. The van der Waals surface area contributed by atoms with Crippen LogP contribution in [0, 0.1) is 11.3 Å². The van der Waals surface area contributed by atoms with Crippen LogP contribution in [0.5, 0.6) is 5.75 Å². The minimum absolute atomic E-state index is 0.00638. The van der Waals surface area contributed by atoms with Crippen LogP contribution in [-0.4, -0.2) is 31.6 Å². The van der Waals surface area contributed by atoms with Crippen molar-refractivity contribution in [3.05, 3.63) is 71.3 Å². The Hall–Kier alpha value is -3.95. The molecule has 12 heteroatoms. The lowest BCUT2D eigenvalue weighted by Gasteiger charge is -2.13. The summed E-state index contributed by atoms with van der Waals surface area (Å²) in [5, 5.41) is 15.5. The molecule has 0 atom stereocenters. The van der Waals surface area contributed by atoms with Crippen LogP contribution < -0.4 is 20.2 Å². The van der Waals surface area contributed by atoms with Crippen molar-refractivity contribution in [1.29, 1.82) is 5.26 Å². The van der Waals surface area contributed by atoms with Gasteiger partial charge >= 0.3 is 0 Å². The molecule has 0 fully saturated rings. The van der Waals surface area contributed by atoms with Gasteiger partial charge in [-0.3, -0.25) is 14.9 Å². The van der Waals surface area contributed by atoms with Crippen molar-refractivity contribution < 1.29 is 17.9 Å². The minimum Gasteiger partial charge on any atom is -0.492 e. The number of amides is 1. The fourth-order valence-corrected chi connectivity index (χ4v) is 4.39. The number of anilines is 3. The molecule has 1 amide bonds. The van der Waals surface area contributed by atoms with Crippen LogP contribution >= 0.6 is 15.9 Å². The molecule has 0 aliphatic carbocycles. The van der Waals surface area contributed by atoms with Crippen molar-refractivity contribution in [2.24, 2.45) is 5.10 Å². The van der Waals surface area contributed by atoms with E-state index in [0.29, 0.717) is 22.5 Å². The van der Waals surface area contributed by atoms with Gasteiger partial charge in [0.15, 0.2) is 0 Å². The lowest BCUT2D eigenvalue weighted by Crippen LogP contribution is -2.23. The topological polar surface area (TPSA) is 146 Å². The molecule has 3 rings (SSSR count). The molecule has 0 bridgehead atoms. The van der Waals surface area contributed by atoms with E-state index in [4.69, 9.17) is 4.74 Å². The van der Waals surface area contributed by atoms with E-state index >= 15 is 0 Å². The van der Waals surface area contributed by atoms with Gasteiger partial charge in [-0.1, -0.05) is 22.0 Å². The highest BCUT2D eigenvalue weighted by Crippen LogP contribution is 2.29. The Morgan fingerprint density at radius 1 is 1.15 bits per heavy atom. The van der Waals surface area contributed by atoms with E-state index in [-0.39, 0.29) is 16.5 Å². The largest absolute Gasteiger partial charge is 0.492 e. The first kappa shape index (κ1) is 24.7. The number of sulfonamides is 1. The zero-order valence-corrected chi connectivity index (χ0v) is 20.2. The Morgan fingerprint density at radius 2 is 1.88 bits per heavy atom. The maximum Gasteiger partial charge on any atom is 0.288 e. The van der Waals surface area contributed by atoms with Crippen molar-refractivity contribution in [2.45, 2.75) is 11.8 Å². The Bertz CT molecular complexity index is 1340. The molecule has 2 aromatic carbocycles. The molecule has 0 unspecified atom stereocenters. The van der Waals surface area contributed by atoms with Crippen molar-refractivity contribution in [3.8, 4) is 11.8 Å². The van der Waals surface area contributed by atoms with Gasteiger partial charge in [0.25, 0.3) is 15.9 Å². The number of hydrogen-bond donors (Lipinski definition) is 3. The number of nitrogens with one attached hydrogen (secondary N) is 3. The molecule has 0 radical (unpaired) electrons. The fraction of sp³-hybridized carbons (Fsp3) is 0.0909. The van der Waals surface area contributed by atoms with Crippen LogP contribution in [0.1, 0.15) is 6.92 Å². The van der Waals surface area contributed by atoms with Crippen molar-refractivity contribution in [3.63, 3.8) is 0 Å². The minimum atomic E-state index is -3.93. The zero-order valence-electron chi connectivity index (χ0n) is 17.8. The number of halogens is 1. The van der Waals surface area contributed by atoms with Gasteiger partial charge in [0.2, 0.25) is 5.71 Å². The predicted molar refractivity (Wildman–Crippen MR) is 132 cm³/mol. The van der Waals surface area contributed by atoms with Gasteiger partial charge in [0.1, 0.15) is 22.5 Å². The van der Waals surface area contributed by atoms with E-state index in [2.05, 4.69) is 41.5 Å².